The average Bonchev–Trinajstić information content (AvgIpc) is 2.19. The second-order valence-corrected chi connectivity index (χ2v) is 5.25. The maximum Gasteiger partial charge on any atom is 0.147 e. The molecular formula is C11H15Cl2N3. The first-order valence-corrected chi connectivity index (χ1v) is 6.12. The molecule has 0 unspecified atom stereocenters. The van der Waals surface area contributed by atoms with E-state index in [0.29, 0.717) is 21.7 Å². The normalized spacial score (nSPS) is 17.8. The third-order valence-corrected chi connectivity index (χ3v) is 3.62. The van der Waals surface area contributed by atoms with Crippen molar-refractivity contribution in [3.05, 3.63) is 16.1 Å². The molecule has 3 nitrogen and oxygen atoms in total. The Morgan fingerprint density at radius 3 is 2.38 bits per heavy atom. The number of pyridine rings is 1. The molecule has 0 amide bonds. The van der Waals surface area contributed by atoms with Crippen molar-refractivity contribution in [1.82, 2.24) is 4.98 Å². The van der Waals surface area contributed by atoms with Gasteiger partial charge in [0.25, 0.3) is 0 Å². The van der Waals surface area contributed by atoms with Crippen LogP contribution >= 0.6 is 23.2 Å². The van der Waals surface area contributed by atoms with E-state index in [2.05, 4.69) is 22.5 Å². The van der Waals surface area contributed by atoms with Crippen molar-refractivity contribution in [2.75, 3.05) is 17.7 Å². The summed E-state index contributed by atoms with van der Waals surface area (Å²) in [7, 11) is 1.79. The van der Waals surface area contributed by atoms with Crippen molar-refractivity contribution in [3.63, 3.8) is 0 Å². The molecule has 1 saturated carbocycles. The monoisotopic (exact) mass is 259 g/mol. The van der Waals surface area contributed by atoms with Crippen LogP contribution in [0.5, 0.6) is 0 Å². The molecule has 0 saturated heterocycles. The van der Waals surface area contributed by atoms with Gasteiger partial charge in [0.2, 0.25) is 0 Å². The van der Waals surface area contributed by atoms with Gasteiger partial charge in [-0.05, 0) is 32.3 Å². The highest BCUT2D eigenvalue weighted by Gasteiger charge is 2.32. The first-order chi connectivity index (χ1) is 7.54. The number of hydrogen-bond acceptors (Lipinski definition) is 3. The number of halogens is 2. The fraction of sp³-hybridized carbons (Fsp3) is 0.545. The van der Waals surface area contributed by atoms with Gasteiger partial charge in [-0.1, -0.05) is 23.2 Å². The van der Waals surface area contributed by atoms with Crippen LogP contribution in [0, 0.1) is 0 Å². The summed E-state index contributed by atoms with van der Waals surface area (Å²) in [6.07, 6.45) is 3.57. The number of anilines is 2. The fourth-order valence-electron chi connectivity index (χ4n) is 1.85. The lowest BCUT2D eigenvalue weighted by molar-refractivity contribution is 0.306. The lowest BCUT2D eigenvalue weighted by atomic mass is 9.78. The highest BCUT2D eigenvalue weighted by molar-refractivity contribution is 6.37. The maximum atomic E-state index is 6.11. The van der Waals surface area contributed by atoms with Crippen molar-refractivity contribution in [1.29, 1.82) is 0 Å². The van der Waals surface area contributed by atoms with E-state index in [0.717, 1.165) is 12.8 Å². The minimum absolute atomic E-state index is 0.134. The molecule has 1 aromatic heterocycles. The number of nitrogens with zero attached hydrogens (tertiary/aromatic N) is 1. The van der Waals surface area contributed by atoms with Crippen LogP contribution in [-0.2, 0) is 0 Å². The molecule has 0 bridgehead atoms. The van der Waals surface area contributed by atoms with Gasteiger partial charge in [-0.3, -0.25) is 0 Å². The van der Waals surface area contributed by atoms with Crippen molar-refractivity contribution in [2.24, 2.45) is 0 Å². The standard InChI is InChI=1S/C11H15Cl2N3/c1-11(4-3-5-11)16-10-8(13)6-7(12)9(14-2)15-10/h6H,3-5H2,1-2H3,(H2,14,15,16). The van der Waals surface area contributed by atoms with E-state index in [1.54, 1.807) is 13.1 Å². The predicted octanol–water partition coefficient (Wildman–Crippen LogP) is 3.78. The van der Waals surface area contributed by atoms with E-state index in [1.165, 1.54) is 6.42 Å². The summed E-state index contributed by atoms with van der Waals surface area (Å²) in [6, 6.07) is 1.71. The molecule has 0 atom stereocenters. The number of hydrogen-bond donors (Lipinski definition) is 2. The topological polar surface area (TPSA) is 37.0 Å². The number of nitrogens with one attached hydrogen (secondary N) is 2. The Bertz CT molecular complexity index is 402. The average molecular weight is 260 g/mol. The Hall–Kier alpha value is -0.670. The molecular weight excluding hydrogens is 245 g/mol. The summed E-state index contributed by atoms with van der Waals surface area (Å²) in [5.74, 6) is 1.36. The summed E-state index contributed by atoms with van der Waals surface area (Å²) in [5.41, 5.74) is 0.134. The molecule has 88 valence electrons. The van der Waals surface area contributed by atoms with Crippen LogP contribution in [0.3, 0.4) is 0 Å². The van der Waals surface area contributed by atoms with Gasteiger partial charge in [0, 0.05) is 12.6 Å². The van der Waals surface area contributed by atoms with E-state index >= 15 is 0 Å². The highest BCUT2D eigenvalue weighted by Crippen LogP contribution is 2.37. The summed E-state index contributed by atoms with van der Waals surface area (Å²) < 4.78 is 0. The van der Waals surface area contributed by atoms with E-state index in [4.69, 9.17) is 23.2 Å². The Balaban J connectivity index is 2.26. The van der Waals surface area contributed by atoms with E-state index in [9.17, 15) is 0 Å². The number of rotatable bonds is 3. The van der Waals surface area contributed by atoms with Crippen LogP contribution in [0.2, 0.25) is 10.0 Å². The molecule has 1 aliphatic carbocycles. The predicted molar refractivity (Wildman–Crippen MR) is 69.7 cm³/mol. The van der Waals surface area contributed by atoms with Gasteiger partial charge >= 0.3 is 0 Å². The van der Waals surface area contributed by atoms with Gasteiger partial charge in [0.15, 0.2) is 0 Å². The third kappa shape index (κ3) is 2.20. The molecule has 2 rings (SSSR count). The van der Waals surface area contributed by atoms with Gasteiger partial charge in [-0.2, -0.15) is 0 Å². The summed E-state index contributed by atoms with van der Waals surface area (Å²) in [6.45, 7) is 2.18. The van der Waals surface area contributed by atoms with Crippen molar-refractivity contribution in [2.45, 2.75) is 31.7 Å². The maximum absolute atomic E-state index is 6.11. The molecule has 2 N–H and O–H groups in total. The Morgan fingerprint density at radius 1 is 1.25 bits per heavy atom. The largest absolute Gasteiger partial charge is 0.372 e. The molecule has 0 radical (unpaired) electrons. The Labute approximate surface area is 106 Å². The van der Waals surface area contributed by atoms with Crippen molar-refractivity contribution in [3.8, 4) is 0 Å². The lowest BCUT2D eigenvalue weighted by Crippen LogP contribution is -2.42. The van der Waals surface area contributed by atoms with Gasteiger partial charge in [-0.25, -0.2) is 4.98 Å². The quantitative estimate of drug-likeness (QED) is 0.868. The van der Waals surface area contributed by atoms with Crippen LogP contribution in [0.4, 0.5) is 11.6 Å². The highest BCUT2D eigenvalue weighted by atomic mass is 35.5. The zero-order valence-corrected chi connectivity index (χ0v) is 10.9. The van der Waals surface area contributed by atoms with Crippen LogP contribution in [-0.4, -0.2) is 17.6 Å². The molecule has 5 heteroatoms. The molecule has 0 aromatic carbocycles. The van der Waals surface area contributed by atoms with E-state index in [1.807, 2.05) is 0 Å². The Morgan fingerprint density at radius 2 is 1.88 bits per heavy atom. The van der Waals surface area contributed by atoms with Gasteiger partial charge < -0.3 is 10.6 Å². The molecule has 16 heavy (non-hydrogen) atoms. The third-order valence-electron chi connectivity index (χ3n) is 3.04. The van der Waals surface area contributed by atoms with Crippen LogP contribution < -0.4 is 10.6 Å². The minimum atomic E-state index is 0.134. The first-order valence-electron chi connectivity index (χ1n) is 5.36. The summed E-state index contributed by atoms with van der Waals surface area (Å²) in [5, 5.41) is 7.43. The van der Waals surface area contributed by atoms with E-state index in [-0.39, 0.29) is 5.54 Å². The molecule has 0 spiro atoms. The molecule has 0 aliphatic heterocycles. The SMILES string of the molecule is CNc1nc(NC2(C)CCC2)c(Cl)cc1Cl. The van der Waals surface area contributed by atoms with Crippen molar-refractivity contribution < 1.29 is 0 Å². The van der Waals surface area contributed by atoms with Gasteiger partial charge in [0.1, 0.15) is 11.6 Å². The molecule has 1 aromatic rings. The Kier molecular flexibility index (Phi) is 3.17. The molecule has 1 heterocycles. The van der Waals surface area contributed by atoms with Crippen LogP contribution in [0.1, 0.15) is 26.2 Å². The zero-order valence-electron chi connectivity index (χ0n) is 9.40. The minimum Gasteiger partial charge on any atom is -0.372 e. The summed E-state index contributed by atoms with van der Waals surface area (Å²) in [4.78, 5) is 4.37. The lowest BCUT2D eigenvalue weighted by Gasteiger charge is -2.39. The zero-order chi connectivity index (χ0) is 11.8. The second-order valence-electron chi connectivity index (χ2n) is 4.44. The molecule has 1 aliphatic rings. The molecule has 1 fully saturated rings. The van der Waals surface area contributed by atoms with Crippen LogP contribution in [0.25, 0.3) is 0 Å². The fourth-order valence-corrected chi connectivity index (χ4v) is 2.35. The van der Waals surface area contributed by atoms with Crippen molar-refractivity contribution >= 4 is 34.8 Å². The number of aromatic nitrogens is 1. The van der Waals surface area contributed by atoms with Crippen LogP contribution in [0.15, 0.2) is 6.07 Å². The van der Waals surface area contributed by atoms with Gasteiger partial charge in [-0.15, -0.1) is 0 Å². The summed E-state index contributed by atoms with van der Waals surface area (Å²) >= 11 is 12.1. The second kappa shape index (κ2) is 4.30. The van der Waals surface area contributed by atoms with E-state index < -0.39 is 0 Å². The smallest absolute Gasteiger partial charge is 0.147 e. The first kappa shape index (κ1) is 11.8. The van der Waals surface area contributed by atoms with Gasteiger partial charge in [0.05, 0.1) is 10.0 Å².